The third-order valence-corrected chi connectivity index (χ3v) is 3.23. The molecule has 82 valence electrons. The summed E-state index contributed by atoms with van der Waals surface area (Å²) in [7, 11) is 2.71. The summed E-state index contributed by atoms with van der Waals surface area (Å²) >= 11 is 4.76. The average Bonchev–Trinajstić information content (AvgIpc) is 2.72. The van der Waals surface area contributed by atoms with Gasteiger partial charge in [-0.05, 0) is 17.0 Å². The molecule has 15 heavy (non-hydrogen) atoms. The SMILES string of the molecule is CO/N=C(\C(=O)OC)c1sccc1CBr. The van der Waals surface area contributed by atoms with Gasteiger partial charge in [-0.2, -0.15) is 0 Å². The number of rotatable bonds is 4. The minimum absolute atomic E-state index is 0.199. The number of nitrogens with zero attached hydrogens (tertiary/aromatic N) is 1. The second-order valence-electron chi connectivity index (χ2n) is 2.52. The fourth-order valence-corrected chi connectivity index (χ4v) is 2.55. The van der Waals surface area contributed by atoms with Crippen LogP contribution < -0.4 is 0 Å². The van der Waals surface area contributed by atoms with Gasteiger partial charge in [0.25, 0.3) is 0 Å². The van der Waals surface area contributed by atoms with E-state index < -0.39 is 5.97 Å². The van der Waals surface area contributed by atoms with Crippen LogP contribution in [0.3, 0.4) is 0 Å². The van der Waals surface area contributed by atoms with Gasteiger partial charge in [0, 0.05) is 5.33 Å². The van der Waals surface area contributed by atoms with E-state index >= 15 is 0 Å². The average molecular weight is 292 g/mol. The predicted molar refractivity (Wildman–Crippen MR) is 62.5 cm³/mol. The Bertz CT molecular complexity index is 375. The van der Waals surface area contributed by atoms with Crippen molar-refractivity contribution in [1.82, 2.24) is 0 Å². The zero-order valence-corrected chi connectivity index (χ0v) is 10.7. The Labute approximate surface area is 100 Å². The van der Waals surface area contributed by atoms with Crippen LogP contribution in [0, 0.1) is 0 Å². The Balaban J connectivity index is 3.10. The molecule has 0 saturated carbocycles. The molecule has 0 amide bonds. The van der Waals surface area contributed by atoms with Crippen molar-refractivity contribution < 1.29 is 14.4 Å². The van der Waals surface area contributed by atoms with Crippen LogP contribution in [0.15, 0.2) is 16.6 Å². The molecule has 0 aromatic carbocycles. The molecular weight excluding hydrogens is 282 g/mol. The standard InChI is InChI=1S/C9H10BrNO3S/c1-13-9(12)7(11-14-2)8-6(5-10)3-4-15-8/h3-4H,5H2,1-2H3/b11-7-. The first kappa shape index (κ1) is 12.2. The van der Waals surface area contributed by atoms with Crippen LogP contribution in [-0.2, 0) is 19.7 Å². The van der Waals surface area contributed by atoms with Crippen LogP contribution in [0.25, 0.3) is 0 Å². The number of ether oxygens (including phenoxy) is 1. The molecule has 0 aliphatic carbocycles. The first-order chi connectivity index (χ1) is 7.24. The third-order valence-electron chi connectivity index (χ3n) is 1.67. The van der Waals surface area contributed by atoms with Crippen molar-refractivity contribution in [3.8, 4) is 0 Å². The molecule has 0 N–H and O–H groups in total. The zero-order chi connectivity index (χ0) is 11.3. The quantitative estimate of drug-likeness (QED) is 0.370. The van der Waals surface area contributed by atoms with Crippen LogP contribution in [0.1, 0.15) is 10.4 Å². The summed E-state index contributed by atoms with van der Waals surface area (Å²) in [5.41, 5.74) is 1.19. The smallest absolute Gasteiger partial charge is 0.361 e. The van der Waals surface area contributed by atoms with Gasteiger partial charge in [0.1, 0.15) is 7.11 Å². The highest BCUT2D eigenvalue weighted by molar-refractivity contribution is 9.08. The summed E-state index contributed by atoms with van der Waals surface area (Å²) in [6.07, 6.45) is 0. The van der Waals surface area contributed by atoms with E-state index in [0.717, 1.165) is 10.4 Å². The molecule has 0 unspecified atom stereocenters. The summed E-state index contributed by atoms with van der Waals surface area (Å²) in [6, 6.07) is 1.92. The number of thiophene rings is 1. The fraction of sp³-hybridized carbons (Fsp3) is 0.333. The lowest BCUT2D eigenvalue weighted by atomic mass is 10.2. The topological polar surface area (TPSA) is 47.9 Å². The van der Waals surface area contributed by atoms with Crippen molar-refractivity contribution in [2.45, 2.75) is 5.33 Å². The number of alkyl halides is 1. The molecule has 1 aromatic heterocycles. The van der Waals surface area contributed by atoms with Gasteiger partial charge in [-0.1, -0.05) is 21.1 Å². The molecule has 0 aliphatic rings. The lowest BCUT2D eigenvalue weighted by Gasteiger charge is -2.02. The van der Waals surface area contributed by atoms with Crippen LogP contribution in [0.4, 0.5) is 0 Å². The first-order valence-electron chi connectivity index (χ1n) is 4.06. The molecule has 0 saturated heterocycles. The molecule has 0 spiro atoms. The van der Waals surface area contributed by atoms with Gasteiger partial charge in [0.2, 0.25) is 5.71 Å². The predicted octanol–water partition coefficient (Wildman–Crippen LogP) is 2.17. The maximum absolute atomic E-state index is 11.4. The Morgan fingerprint density at radius 1 is 1.60 bits per heavy atom. The number of hydrogen-bond donors (Lipinski definition) is 0. The van der Waals surface area contributed by atoms with E-state index in [2.05, 4.69) is 30.7 Å². The largest absolute Gasteiger partial charge is 0.464 e. The molecule has 1 rings (SSSR count). The second kappa shape index (κ2) is 5.87. The lowest BCUT2D eigenvalue weighted by molar-refractivity contribution is -0.132. The van der Waals surface area contributed by atoms with Gasteiger partial charge in [-0.15, -0.1) is 11.3 Å². The molecule has 0 fully saturated rings. The molecule has 4 nitrogen and oxygen atoms in total. The number of oxime groups is 1. The Kier molecular flexibility index (Phi) is 4.77. The highest BCUT2D eigenvalue weighted by Crippen LogP contribution is 2.21. The van der Waals surface area contributed by atoms with Crippen molar-refractivity contribution in [2.75, 3.05) is 14.2 Å². The number of carbonyl (C=O) groups is 1. The summed E-state index contributed by atoms with van der Waals surface area (Å²) in [5, 5.41) is 6.22. The van der Waals surface area contributed by atoms with E-state index in [1.807, 2.05) is 11.4 Å². The Morgan fingerprint density at radius 3 is 2.87 bits per heavy atom. The highest BCUT2D eigenvalue weighted by Gasteiger charge is 2.19. The normalized spacial score (nSPS) is 11.3. The van der Waals surface area contributed by atoms with E-state index in [1.165, 1.54) is 25.6 Å². The van der Waals surface area contributed by atoms with Crippen molar-refractivity contribution >= 4 is 38.9 Å². The minimum atomic E-state index is -0.499. The van der Waals surface area contributed by atoms with Crippen LogP contribution >= 0.6 is 27.3 Å². The lowest BCUT2D eigenvalue weighted by Crippen LogP contribution is -2.17. The maximum Gasteiger partial charge on any atom is 0.361 e. The van der Waals surface area contributed by atoms with Crippen LogP contribution in [0.5, 0.6) is 0 Å². The minimum Gasteiger partial charge on any atom is -0.464 e. The van der Waals surface area contributed by atoms with Gasteiger partial charge >= 0.3 is 5.97 Å². The van der Waals surface area contributed by atoms with Gasteiger partial charge in [-0.3, -0.25) is 0 Å². The molecule has 1 aromatic rings. The zero-order valence-electron chi connectivity index (χ0n) is 8.32. The summed E-state index contributed by atoms with van der Waals surface area (Å²) in [6.45, 7) is 0. The Morgan fingerprint density at radius 2 is 2.33 bits per heavy atom. The molecule has 1 heterocycles. The fourth-order valence-electron chi connectivity index (χ4n) is 1.01. The second-order valence-corrected chi connectivity index (χ2v) is 4.00. The van der Waals surface area contributed by atoms with Crippen LogP contribution in [0.2, 0.25) is 0 Å². The van der Waals surface area contributed by atoms with Gasteiger partial charge in [0.05, 0.1) is 12.0 Å². The van der Waals surface area contributed by atoms with Gasteiger partial charge in [0.15, 0.2) is 0 Å². The van der Waals surface area contributed by atoms with Crippen LogP contribution in [-0.4, -0.2) is 25.9 Å². The van der Waals surface area contributed by atoms with Gasteiger partial charge < -0.3 is 9.57 Å². The van der Waals surface area contributed by atoms with Crippen molar-refractivity contribution in [2.24, 2.45) is 5.16 Å². The van der Waals surface area contributed by atoms with E-state index in [4.69, 9.17) is 0 Å². The first-order valence-corrected chi connectivity index (χ1v) is 6.06. The van der Waals surface area contributed by atoms with Crippen molar-refractivity contribution in [1.29, 1.82) is 0 Å². The summed E-state index contributed by atoms with van der Waals surface area (Å²) in [4.78, 5) is 16.8. The van der Waals surface area contributed by atoms with E-state index in [9.17, 15) is 4.79 Å². The summed E-state index contributed by atoms with van der Waals surface area (Å²) < 4.78 is 4.63. The maximum atomic E-state index is 11.4. The number of methoxy groups -OCH3 is 1. The molecule has 0 bridgehead atoms. The Hall–Kier alpha value is -0.880. The summed E-state index contributed by atoms with van der Waals surface area (Å²) in [5.74, 6) is -0.499. The molecule has 0 radical (unpaired) electrons. The molecule has 0 aliphatic heterocycles. The van der Waals surface area contributed by atoms with Crippen molar-refractivity contribution in [3.05, 3.63) is 21.9 Å². The molecular formula is C9H10BrNO3S. The monoisotopic (exact) mass is 291 g/mol. The number of carbonyl (C=O) groups excluding carboxylic acids is 1. The molecule has 0 atom stereocenters. The number of hydrogen-bond acceptors (Lipinski definition) is 5. The third kappa shape index (κ3) is 2.79. The number of halogens is 1. The highest BCUT2D eigenvalue weighted by atomic mass is 79.9. The number of esters is 1. The van der Waals surface area contributed by atoms with E-state index in [0.29, 0.717) is 5.33 Å². The molecule has 6 heteroatoms. The van der Waals surface area contributed by atoms with Gasteiger partial charge in [-0.25, -0.2) is 4.79 Å². The van der Waals surface area contributed by atoms with E-state index in [1.54, 1.807) is 0 Å². The van der Waals surface area contributed by atoms with Crippen molar-refractivity contribution in [3.63, 3.8) is 0 Å². The van der Waals surface area contributed by atoms with E-state index in [-0.39, 0.29) is 5.71 Å².